The maximum atomic E-state index is 12.3. The second kappa shape index (κ2) is 25.1. The molecule has 1 aromatic rings. The van der Waals surface area contributed by atoms with Gasteiger partial charge in [0.05, 0.1) is 7.11 Å². The molecule has 9 nitrogen and oxygen atoms in total. The van der Waals surface area contributed by atoms with Crippen LogP contribution in [0.15, 0.2) is 49.6 Å². The number of aryl methyl sites for hydroxylation is 1. The first-order valence-electron chi connectivity index (χ1n) is 15.0. The molecular formula is C33H52N2O7. The lowest BCUT2D eigenvalue weighted by Crippen LogP contribution is -2.52. The fourth-order valence-corrected chi connectivity index (χ4v) is 4.15. The molecule has 9 heteroatoms. The summed E-state index contributed by atoms with van der Waals surface area (Å²) in [6, 6.07) is 6.64. The number of hydrogen-bond acceptors (Lipinski definition) is 7. The number of carbonyl (C=O) groups is 4. The van der Waals surface area contributed by atoms with Crippen molar-refractivity contribution in [1.82, 2.24) is 10.6 Å². The number of benzene rings is 1. The summed E-state index contributed by atoms with van der Waals surface area (Å²) in [5, 5.41) is 5.38. The molecule has 0 saturated heterocycles. The minimum atomic E-state index is -0.712. The highest BCUT2D eigenvalue weighted by atomic mass is 16.7. The van der Waals surface area contributed by atoms with Crippen LogP contribution in [-0.4, -0.2) is 50.2 Å². The number of unbranched alkanes of at least 4 members (excludes halogenated alkanes) is 3. The summed E-state index contributed by atoms with van der Waals surface area (Å²) in [4.78, 5) is 46.2. The van der Waals surface area contributed by atoms with Gasteiger partial charge >= 0.3 is 12.1 Å². The lowest BCUT2D eigenvalue weighted by Gasteiger charge is -2.30. The van der Waals surface area contributed by atoms with Gasteiger partial charge in [-0.05, 0) is 62.6 Å². The highest BCUT2D eigenvalue weighted by Gasteiger charge is 2.30. The molecule has 1 atom stereocenters. The van der Waals surface area contributed by atoms with E-state index >= 15 is 0 Å². The van der Waals surface area contributed by atoms with Gasteiger partial charge in [0.1, 0.15) is 24.9 Å². The van der Waals surface area contributed by atoms with Gasteiger partial charge in [-0.15, -0.1) is 6.58 Å². The number of methoxy groups -OCH3 is 1. The number of esters is 1. The molecule has 1 saturated carbocycles. The average molecular weight is 589 g/mol. The monoisotopic (exact) mass is 588 g/mol. The van der Waals surface area contributed by atoms with E-state index in [2.05, 4.69) is 40.2 Å². The van der Waals surface area contributed by atoms with Gasteiger partial charge in [-0.3, -0.25) is 14.4 Å². The maximum absolute atomic E-state index is 12.3. The number of allylic oxidation sites excluding steroid dienone is 1. The van der Waals surface area contributed by atoms with Crippen LogP contribution >= 0.6 is 0 Å². The number of amides is 2. The minimum absolute atomic E-state index is 0.110. The van der Waals surface area contributed by atoms with Crippen LogP contribution in [-0.2, 0) is 23.9 Å². The molecule has 0 heterocycles. The smallest absolute Gasteiger partial charge is 0.468 e. The van der Waals surface area contributed by atoms with E-state index in [1.807, 2.05) is 32.1 Å². The molecule has 1 fully saturated rings. The van der Waals surface area contributed by atoms with Crippen LogP contribution in [0.1, 0.15) is 90.0 Å². The number of carbonyl (C=O) groups excluding carboxylic acids is 4. The quantitative estimate of drug-likeness (QED) is 0.109. The first-order valence-corrected chi connectivity index (χ1v) is 15.0. The van der Waals surface area contributed by atoms with E-state index in [0.717, 1.165) is 37.7 Å². The van der Waals surface area contributed by atoms with E-state index in [1.54, 1.807) is 12.1 Å². The molecule has 0 radical (unpaired) electrons. The van der Waals surface area contributed by atoms with E-state index in [0.29, 0.717) is 12.2 Å². The molecule has 0 aromatic heterocycles. The number of rotatable bonds is 14. The van der Waals surface area contributed by atoms with Gasteiger partial charge in [0.15, 0.2) is 0 Å². The van der Waals surface area contributed by atoms with Crippen molar-refractivity contribution in [3.05, 3.63) is 55.1 Å². The highest BCUT2D eigenvalue weighted by Crippen LogP contribution is 2.26. The Morgan fingerprint density at radius 3 is 2.31 bits per heavy atom. The zero-order valence-corrected chi connectivity index (χ0v) is 26.1. The Morgan fingerprint density at radius 1 is 1.02 bits per heavy atom. The number of nitrogens with one attached hydrogen (secondary N) is 2. The molecule has 0 bridgehead atoms. The van der Waals surface area contributed by atoms with Crippen molar-refractivity contribution in [2.75, 3.05) is 20.3 Å². The summed E-state index contributed by atoms with van der Waals surface area (Å²) in [5.74, 6) is -0.264. The fourth-order valence-electron chi connectivity index (χ4n) is 4.15. The predicted molar refractivity (Wildman–Crippen MR) is 166 cm³/mol. The van der Waals surface area contributed by atoms with Gasteiger partial charge in [0, 0.05) is 6.42 Å². The van der Waals surface area contributed by atoms with Crippen molar-refractivity contribution in [3.8, 4) is 5.75 Å². The third kappa shape index (κ3) is 19.5. The summed E-state index contributed by atoms with van der Waals surface area (Å²) < 4.78 is 14.0. The molecule has 0 spiro atoms. The average Bonchev–Trinajstić information content (AvgIpc) is 2.99. The Labute approximate surface area is 252 Å². The SMILES string of the molecule is C=CCCCCC.C=CCOC(=O)Oc1cccc(C)c1.CCCC(=O)NC(C(=O)NCC(=O)OC)C1CCCCC1. The van der Waals surface area contributed by atoms with E-state index in [1.165, 1.54) is 45.3 Å². The molecule has 2 rings (SSSR count). The molecule has 1 aromatic carbocycles. The van der Waals surface area contributed by atoms with Crippen LogP contribution in [0.2, 0.25) is 0 Å². The maximum Gasteiger partial charge on any atom is 0.514 e. The lowest BCUT2D eigenvalue weighted by molar-refractivity contribution is -0.141. The van der Waals surface area contributed by atoms with Crippen LogP contribution in [0.4, 0.5) is 4.79 Å². The largest absolute Gasteiger partial charge is 0.514 e. The zero-order valence-electron chi connectivity index (χ0n) is 26.1. The van der Waals surface area contributed by atoms with Gasteiger partial charge in [0.25, 0.3) is 0 Å². The normalized spacial score (nSPS) is 13.0. The summed E-state index contributed by atoms with van der Waals surface area (Å²) in [7, 11) is 1.27. The Kier molecular flexibility index (Phi) is 23.0. The van der Waals surface area contributed by atoms with Crippen molar-refractivity contribution in [2.45, 2.75) is 97.4 Å². The van der Waals surface area contributed by atoms with E-state index < -0.39 is 18.2 Å². The molecular weight excluding hydrogens is 536 g/mol. The van der Waals surface area contributed by atoms with Crippen molar-refractivity contribution >= 4 is 23.9 Å². The molecule has 1 aliphatic carbocycles. The lowest BCUT2D eigenvalue weighted by atomic mass is 9.83. The van der Waals surface area contributed by atoms with Gasteiger partial charge in [-0.2, -0.15) is 0 Å². The molecule has 1 aliphatic rings. The first kappa shape index (κ1) is 38.4. The van der Waals surface area contributed by atoms with Crippen LogP contribution in [0.5, 0.6) is 5.75 Å². The molecule has 2 N–H and O–H groups in total. The van der Waals surface area contributed by atoms with E-state index in [-0.39, 0.29) is 30.9 Å². The first-order chi connectivity index (χ1) is 20.2. The fraction of sp³-hybridized carbons (Fsp3) is 0.576. The van der Waals surface area contributed by atoms with Crippen molar-refractivity contribution < 1.29 is 33.4 Å². The summed E-state index contributed by atoms with van der Waals surface area (Å²) >= 11 is 0. The van der Waals surface area contributed by atoms with E-state index in [4.69, 9.17) is 4.74 Å². The van der Waals surface area contributed by atoms with Crippen molar-refractivity contribution in [2.24, 2.45) is 5.92 Å². The predicted octanol–water partition coefficient (Wildman–Crippen LogP) is 6.59. The van der Waals surface area contributed by atoms with Gasteiger partial charge < -0.3 is 24.8 Å². The standard InChI is InChI=1S/C15H26N2O4.C11H12O3.C7H14/c1-3-7-12(18)17-14(11-8-5-4-6-9-11)15(20)16-10-13(19)21-2;1-3-7-13-11(12)14-10-6-4-5-9(2)8-10;1-3-5-7-6-4-2/h11,14H,3-10H2,1-2H3,(H,16,20)(H,17,18);3-6,8H,1,7H2,2H3;3H,1,4-7H2,2H3. The Balaban J connectivity index is 0.000000685. The Bertz CT molecular complexity index is 942. The Morgan fingerprint density at radius 2 is 1.74 bits per heavy atom. The molecule has 0 aliphatic heterocycles. The topological polar surface area (TPSA) is 120 Å². The molecule has 236 valence electrons. The van der Waals surface area contributed by atoms with Crippen LogP contribution in [0.3, 0.4) is 0 Å². The number of ether oxygens (including phenoxy) is 3. The van der Waals surface area contributed by atoms with Crippen LogP contribution in [0, 0.1) is 12.8 Å². The third-order valence-electron chi connectivity index (χ3n) is 6.35. The minimum Gasteiger partial charge on any atom is -0.468 e. The second-order valence-electron chi connectivity index (χ2n) is 10.0. The van der Waals surface area contributed by atoms with Crippen LogP contribution in [0.25, 0.3) is 0 Å². The highest BCUT2D eigenvalue weighted by molar-refractivity contribution is 5.89. The van der Waals surface area contributed by atoms with Gasteiger partial charge in [-0.1, -0.05) is 76.8 Å². The van der Waals surface area contributed by atoms with E-state index in [9.17, 15) is 19.2 Å². The van der Waals surface area contributed by atoms with Crippen LogP contribution < -0.4 is 15.4 Å². The summed E-state index contributed by atoms with van der Waals surface area (Å²) in [6.45, 7) is 13.1. The molecule has 42 heavy (non-hydrogen) atoms. The summed E-state index contributed by atoms with van der Waals surface area (Å²) in [6.07, 6.45) is 14.3. The molecule has 2 amide bonds. The molecule has 1 unspecified atom stereocenters. The second-order valence-corrected chi connectivity index (χ2v) is 10.0. The van der Waals surface area contributed by atoms with Crippen molar-refractivity contribution in [3.63, 3.8) is 0 Å². The van der Waals surface area contributed by atoms with Gasteiger partial charge in [0.2, 0.25) is 11.8 Å². The number of hydrogen-bond donors (Lipinski definition) is 2. The Hall–Kier alpha value is -3.62. The third-order valence-corrected chi connectivity index (χ3v) is 6.35. The summed E-state index contributed by atoms with van der Waals surface area (Å²) in [5.41, 5.74) is 1.03. The zero-order chi connectivity index (χ0) is 31.6. The van der Waals surface area contributed by atoms with Gasteiger partial charge in [-0.25, -0.2) is 4.79 Å². The van der Waals surface area contributed by atoms with Crippen molar-refractivity contribution in [1.29, 1.82) is 0 Å².